The molecule has 0 radical (unpaired) electrons. The fraction of sp³-hybridized carbons (Fsp3) is 0.234. The highest BCUT2D eigenvalue weighted by Gasteiger charge is 2.37. The number of benzene rings is 6. The van der Waals surface area contributed by atoms with Crippen molar-refractivity contribution in [3.63, 3.8) is 0 Å². The lowest BCUT2D eigenvalue weighted by molar-refractivity contribution is 0.280. The van der Waals surface area contributed by atoms with E-state index >= 15 is 0 Å². The average Bonchev–Trinajstić information content (AvgIpc) is 3.60. The van der Waals surface area contributed by atoms with Gasteiger partial charge in [0, 0.05) is 38.3 Å². The zero-order valence-corrected chi connectivity index (χ0v) is 29.3. The standard InChI is InChI=1S/C47H44N2/c1-30-22-24-47(25-23-30,35-10-14-37(15-11-35)48-44-20-8-32(3)27-41(44)42-28-33(4)9-21-45(42)48)36-12-16-38(17-13-36)49-43-19-7-31(2)26-40(43)39-18-6-34(5)29-46(39)49/h6-21,26-30H,22-25H2,1-5H3. The largest absolute Gasteiger partial charge is 0.309 e. The zero-order chi connectivity index (χ0) is 33.4. The molecule has 2 nitrogen and oxygen atoms in total. The van der Waals surface area contributed by atoms with Gasteiger partial charge in [-0.15, -0.1) is 0 Å². The number of hydrogen-bond donors (Lipinski definition) is 0. The first kappa shape index (κ1) is 30.0. The summed E-state index contributed by atoms with van der Waals surface area (Å²) in [5.74, 6) is 0.764. The molecule has 2 heteroatoms. The van der Waals surface area contributed by atoms with E-state index in [0.29, 0.717) is 0 Å². The van der Waals surface area contributed by atoms with E-state index in [1.54, 1.807) is 0 Å². The second kappa shape index (κ2) is 11.2. The van der Waals surface area contributed by atoms with Crippen LogP contribution in [0.15, 0.2) is 121 Å². The lowest BCUT2D eigenvalue weighted by Gasteiger charge is -2.41. The van der Waals surface area contributed by atoms with Crippen molar-refractivity contribution in [3.8, 4) is 11.4 Å². The SMILES string of the molecule is Cc1ccc2c(c1)c1cc(C)ccc1n2-c1ccc(C2(c3ccc(-n4c5ccc(C)cc5c5ccc(C)cc54)cc3)CCC(C)CC2)cc1. The third kappa shape index (κ3) is 4.76. The number of fused-ring (bicyclic) bond motifs is 6. The maximum absolute atomic E-state index is 2.46. The van der Waals surface area contributed by atoms with Crippen molar-refractivity contribution >= 4 is 43.6 Å². The summed E-state index contributed by atoms with van der Waals surface area (Å²) in [6.45, 7) is 11.2. The molecule has 242 valence electrons. The molecule has 0 unspecified atom stereocenters. The van der Waals surface area contributed by atoms with E-state index in [-0.39, 0.29) is 5.41 Å². The number of rotatable bonds is 4. The molecule has 1 fully saturated rings. The molecule has 0 aliphatic heterocycles. The monoisotopic (exact) mass is 636 g/mol. The van der Waals surface area contributed by atoms with E-state index < -0.39 is 0 Å². The molecule has 0 spiro atoms. The first-order chi connectivity index (χ1) is 23.8. The van der Waals surface area contributed by atoms with Crippen LogP contribution in [0.1, 0.15) is 66.0 Å². The van der Waals surface area contributed by atoms with Crippen LogP contribution in [0.2, 0.25) is 0 Å². The van der Waals surface area contributed by atoms with Crippen LogP contribution < -0.4 is 0 Å². The van der Waals surface area contributed by atoms with E-state index in [4.69, 9.17) is 0 Å². The third-order valence-corrected chi connectivity index (χ3v) is 11.6. The molecule has 8 aromatic rings. The summed E-state index contributed by atoms with van der Waals surface area (Å²) in [6.07, 6.45) is 4.85. The molecular weight excluding hydrogens is 593 g/mol. The van der Waals surface area contributed by atoms with Crippen LogP contribution in [0.25, 0.3) is 55.0 Å². The summed E-state index contributed by atoms with van der Waals surface area (Å²) in [5, 5.41) is 5.30. The van der Waals surface area contributed by atoms with Crippen LogP contribution in [-0.2, 0) is 5.41 Å². The smallest absolute Gasteiger partial charge is 0.0543 e. The number of aromatic nitrogens is 2. The number of nitrogens with zero attached hydrogens (tertiary/aromatic N) is 2. The predicted octanol–water partition coefficient (Wildman–Crippen LogP) is 12.6. The Morgan fingerprint density at radius 3 is 1.29 bits per heavy atom. The van der Waals surface area contributed by atoms with Gasteiger partial charge >= 0.3 is 0 Å². The first-order valence-electron chi connectivity index (χ1n) is 18.0. The number of hydrogen-bond acceptors (Lipinski definition) is 0. The lowest BCUT2D eigenvalue weighted by Crippen LogP contribution is -2.32. The molecule has 0 atom stereocenters. The highest BCUT2D eigenvalue weighted by Crippen LogP contribution is 2.47. The van der Waals surface area contributed by atoms with Crippen molar-refractivity contribution < 1.29 is 0 Å². The Hall–Kier alpha value is -5.08. The molecule has 9 rings (SSSR count). The molecule has 1 aliphatic rings. The normalized spacial score (nSPS) is 18.3. The minimum Gasteiger partial charge on any atom is -0.309 e. The van der Waals surface area contributed by atoms with Crippen molar-refractivity contribution in [2.24, 2.45) is 5.92 Å². The van der Waals surface area contributed by atoms with E-state index in [9.17, 15) is 0 Å². The Morgan fingerprint density at radius 1 is 0.429 bits per heavy atom. The fourth-order valence-electron chi connectivity index (χ4n) is 8.91. The van der Waals surface area contributed by atoms with Crippen LogP contribution >= 0.6 is 0 Å². The Kier molecular flexibility index (Phi) is 6.88. The Bertz CT molecular complexity index is 2470. The van der Waals surface area contributed by atoms with Gasteiger partial charge in [-0.25, -0.2) is 0 Å². The quantitative estimate of drug-likeness (QED) is 0.182. The molecule has 2 aromatic heterocycles. The molecule has 0 bridgehead atoms. The van der Waals surface area contributed by atoms with E-state index in [0.717, 1.165) is 5.92 Å². The van der Waals surface area contributed by atoms with Gasteiger partial charge < -0.3 is 9.13 Å². The summed E-state index contributed by atoms with van der Waals surface area (Å²) >= 11 is 0. The first-order valence-corrected chi connectivity index (χ1v) is 18.0. The minimum absolute atomic E-state index is 0.00709. The molecule has 1 saturated carbocycles. The van der Waals surface area contributed by atoms with Crippen LogP contribution in [0.4, 0.5) is 0 Å². The molecule has 0 amide bonds. The summed E-state index contributed by atoms with van der Waals surface area (Å²) in [6, 6.07) is 46.6. The summed E-state index contributed by atoms with van der Waals surface area (Å²) in [4.78, 5) is 0. The van der Waals surface area contributed by atoms with Crippen molar-refractivity contribution in [2.45, 2.75) is 65.7 Å². The van der Waals surface area contributed by atoms with Gasteiger partial charge in [0.05, 0.1) is 22.1 Å². The summed E-state index contributed by atoms with van der Waals surface area (Å²) in [7, 11) is 0. The maximum Gasteiger partial charge on any atom is 0.0543 e. The van der Waals surface area contributed by atoms with E-state index in [1.807, 2.05) is 0 Å². The van der Waals surface area contributed by atoms with Gasteiger partial charge in [-0.05, 0) is 143 Å². The van der Waals surface area contributed by atoms with Gasteiger partial charge in [-0.1, -0.05) is 78.2 Å². The van der Waals surface area contributed by atoms with E-state index in [2.05, 4.69) is 165 Å². The van der Waals surface area contributed by atoms with Crippen LogP contribution in [-0.4, -0.2) is 9.13 Å². The van der Waals surface area contributed by atoms with Gasteiger partial charge in [0.1, 0.15) is 0 Å². The van der Waals surface area contributed by atoms with Crippen molar-refractivity contribution in [1.82, 2.24) is 9.13 Å². The molecular formula is C47H44N2. The van der Waals surface area contributed by atoms with Gasteiger partial charge in [0.15, 0.2) is 0 Å². The molecule has 0 N–H and O–H groups in total. The van der Waals surface area contributed by atoms with Crippen molar-refractivity contribution in [3.05, 3.63) is 155 Å². The Morgan fingerprint density at radius 2 is 0.816 bits per heavy atom. The summed E-state index contributed by atoms with van der Waals surface area (Å²) in [5.41, 5.74) is 15.6. The van der Waals surface area contributed by atoms with Crippen LogP contribution in [0.5, 0.6) is 0 Å². The van der Waals surface area contributed by atoms with Gasteiger partial charge in [0.25, 0.3) is 0 Å². The average molecular weight is 637 g/mol. The Labute approximate surface area is 289 Å². The fourth-order valence-corrected chi connectivity index (χ4v) is 8.91. The second-order valence-corrected chi connectivity index (χ2v) is 15.1. The topological polar surface area (TPSA) is 9.86 Å². The van der Waals surface area contributed by atoms with Crippen LogP contribution in [0, 0.1) is 33.6 Å². The Balaban J connectivity index is 1.15. The molecule has 49 heavy (non-hydrogen) atoms. The number of aryl methyl sites for hydroxylation is 4. The second-order valence-electron chi connectivity index (χ2n) is 15.1. The van der Waals surface area contributed by atoms with Gasteiger partial charge in [-0.3, -0.25) is 0 Å². The van der Waals surface area contributed by atoms with E-state index in [1.165, 1.54) is 114 Å². The third-order valence-electron chi connectivity index (χ3n) is 11.6. The lowest BCUT2D eigenvalue weighted by atomic mass is 9.63. The molecule has 6 aromatic carbocycles. The van der Waals surface area contributed by atoms with Crippen LogP contribution in [0.3, 0.4) is 0 Å². The minimum atomic E-state index is 0.00709. The predicted molar refractivity (Wildman–Crippen MR) is 209 cm³/mol. The summed E-state index contributed by atoms with van der Waals surface area (Å²) < 4.78 is 4.91. The van der Waals surface area contributed by atoms with Crippen molar-refractivity contribution in [1.29, 1.82) is 0 Å². The molecule has 2 heterocycles. The zero-order valence-electron chi connectivity index (χ0n) is 29.3. The van der Waals surface area contributed by atoms with Gasteiger partial charge in [0.2, 0.25) is 0 Å². The maximum atomic E-state index is 2.46. The highest BCUT2D eigenvalue weighted by atomic mass is 15.0. The van der Waals surface area contributed by atoms with Crippen molar-refractivity contribution in [2.75, 3.05) is 0 Å². The molecule has 1 aliphatic carbocycles. The highest BCUT2D eigenvalue weighted by molar-refractivity contribution is 6.10. The molecule has 0 saturated heterocycles. The van der Waals surface area contributed by atoms with Gasteiger partial charge in [-0.2, -0.15) is 0 Å².